The molecule has 1 aromatic rings. The van der Waals surface area contributed by atoms with E-state index in [1.54, 1.807) is 25.4 Å². The maximum absolute atomic E-state index is 12.4. The fourth-order valence-electron chi connectivity index (χ4n) is 2.27. The molecule has 0 saturated carbocycles. The summed E-state index contributed by atoms with van der Waals surface area (Å²) in [5, 5.41) is 6.09. The van der Waals surface area contributed by atoms with Crippen LogP contribution < -0.4 is 10.6 Å². The molecule has 1 saturated heterocycles. The molecule has 6 heteroatoms. The Balaban J connectivity index is 2.00. The number of hydrogen-bond donors (Lipinski definition) is 2. The second kappa shape index (κ2) is 7.38. The minimum atomic E-state index is -0.408. The molecule has 0 aliphatic carbocycles. The van der Waals surface area contributed by atoms with Crippen molar-refractivity contribution in [1.82, 2.24) is 10.3 Å². The van der Waals surface area contributed by atoms with Crippen molar-refractivity contribution in [3.8, 4) is 0 Å². The van der Waals surface area contributed by atoms with Gasteiger partial charge in [0.15, 0.2) is 0 Å². The lowest BCUT2D eigenvalue weighted by Crippen LogP contribution is -2.45. The summed E-state index contributed by atoms with van der Waals surface area (Å²) in [4.78, 5) is 16.6. The van der Waals surface area contributed by atoms with Crippen LogP contribution in [0.1, 0.15) is 30.1 Å². The highest BCUT2D eigenvalue weighted by atomic mass is 16.5. The summed E-state index contributed by atoms with van der Waals surface area (Å²) in [6, 6.07) is 3.53. The zero-order chi connectivity index (χ0) is 15.1. The minimum Gasteiger partial charge on any atom is -0.378 e. The molecule has 21 heavy (non-hydrogen) atoms. The molecule has 2 rings (SSSR count). The van der Waals surface area contributed by atoms with E-state index in [1.807, 2.05) is 0 Å². The highest BCUT2D eigenvalue weighted by Crippen LogP contribution is 2.21. The Hall–Kier alpha value is -1.66. The predicted molar refractivity (Wildman–Crippen MR) is 80.5 cm³/mol. The molecule has 1 aromatic heterocycles. The number of amides is 1. The van der Waals surface area contributed by atoms with Crippen molar-refractivity contribution in [2.24, 2.45) is 0 Å². The number of aromatic nitrogens is 1. The molecular formula is C15H23N3O3. The number of rotatable bonds is 7. The average molecular weight is 293 g/mol. The van der Waals surface area contributed by atoms with Crippen LogP contribution >= 0.6 is 0 Å². The van der Waals surface area contributed by atoms with Crippen molar-refractivity contribution in [3.63, 3.8) is 0 Å². The number of anilines is 1. The molecule has 1 amide bonds. The van der Waals surface area contributed by atoms with Crippen LogP contribution in [0.3, 0.4) is 0 Å². The molecule has 2 heterocycles. The van der Waals surface area contributed by atoms with Crippen molar-refractivity contribution in [2.45, 2.75) is 25.4 Å². The SMILES string of the molecule is CCCNc1ncccc1C(=O)NCC1(OC)CCOC1. The summed E-state index contributed by atoms with van der Waals surface area (Å²) in [6.07, 6.45) is 3.44. The smallest absolute Gasteiger partial charge is 0.255 e. The summed E-state index contributed by atoms with van der Waals surface area (Å²) in [6.45, 7) is 4.47. The standard InChI is InChI=1S/C15H23N3O3/c1-3-7-16-13-12(5-4-8-17-13)14(19)18-10-15(20-2)6-9-21-11-15/h4-5,8H,3,6-7,9-11H2,1-2H3,(H,16,17)(H,18,19). The lowest BCUT2D eigenvalue weighted by Gasteiger charge is -2.26. The Morgan fingerprint density at radius 3 is 3.10 bits per heavy atom. The molecule has 1 aliphatic heterocycles. The highest BCUT2D eigenvalue weighted by molar-refractivity contribution is 5.98. The van der Waals surface area contributed by atoms with Crippen LogP contribution in [0.4, 0.5) is 5.82 Å². The van der Waals surface area contributed by atoms with Gasteiger partial charge in [-0.25, -0.2) is 4.98 Å². The van der Waals surface area contributed by atoms with Crippen LogP contribution in [-0.2, 0) is 9.47 Å². The first kappa shape index (κ1) is 15.7. The van der Waals surface area contributed by atoms with E-state index in [0.717, 1.165) is 19.4 Å². The Morgan fingerprint density at radius 2 is 2.43 bits per heavy atom. The van der Waals surface area contributed by atoms with Crippen molar-refractivity contribution in [3.05, 3.63) is 23.9 Å². The minimum absolute atomic E-state index is 0.148. The molecule has 1 unspecified atom stereocenters. The van der Waals surface area contributed by atoms with E-state index in [2.05, 4.69) is 22.5 Å². The normalized spacial score (nSPS) is 21.2. The first-order valence-corrected chi connectivity index (χ1v) is 7.31. The largest absolute Gasteiger partial charge is 0.378 e. The molecular weight excluding hydrogens is 270 g/mol. The van der Waals surface area contributed by atoms with Gasteiger partial charge in [-0.05, 0) is 18.6 Å². The van der Waals surface area contributed by atoms with Crippen LogP contribution in [0.5, 0.6) is 0 Å². The van der Waals surface area contributed by atoms with Gasteiger partial charge in [0, 0.05) is 39.4 Å². The summed E-state index contributed by atoms with van der Waals surface area (Å²) < 4.78 is 10.9. The average Bonchev–Trinajstić information content (AvgIpc) is 3.00. The van der Waals surface area contributed by atoms with Gasteiger partial charge in [-0.15, -0.1) is 0 Å². The molecule has 6 nitrogen and oxygen atoms in total. The van der Waals surface area contributed by atoms with Gasteiger partial charge in [0.1, 0.15) is 11.4 Å². The monoisotopic (exact) mass is 293 g/mol. The molecule has 0 radical (unpaired) electrons. The second-order valence-corrected chi connectivity index (χ2v) is 5.20. The van der Waals surface area contributed by atoms with E-state index < -0.39 is 5.60 Å². The lowest BCUT2D eigenvalue weighted by atomic mass is 10.0. The Labute approximate surface area is 125 Å². The number of carbonyl (C=O) groups excluding carboxylic acids is 1. The number of nitrogens with zero attached hydrogens (tertiary/aromatic N) is 1. The number of methoxy groups -OCH3 is 1. The van der Waals surface area contributed by atoms with E-state index in [4.69, 9.17) is 9.47 Å². The summed E-state index contributed by atoms with van der Waals surface area (Å²) >= 11 is 0. The summed E-state index contributed by atoms with van der Waals surface area (Å²) in [7, 11) is 1.65. The Morgan fingerprint density at radius 1 is 1.57 bits per heavy atom. The van der Waals surface area contributed by atoms with E-state index in [0.29, 0.717) is 31.1 Å². The Bertz CT molecular complexity index is 473. The maximum atomic E-state index is 12.4. The van der Waals surface area contributed by atoms with E-state index in [-0.39, 0.29) is 5.91 Å². The van der Waals surface area contributed by atoms with Gasteiger partial charge in [0.05, 0.1) is 12.2 Å². The van der Waals surface area contributed by atoms with Crippen LogP contribution in [0, 0.1) is 0 Å². The molecule has 0 aromatic carbocycles. The number of ether oxygens (including phenoxy) is 2. The number of carbonyl (C=O) groups is 1. The Kier molecular flexibility index (Phi) is 5.52. The van der Waals surface area contributed by atoms with E-state index in [9.17, 15) is 4.79 Å². The topological polar surface area (TPSA) is 72.5 Å². The van der Waals surface area contributed by atoms with Crippen LogP contribution in [-0.4, -0.2) is 49.9 Å². The van der Waals surface area contributed by atoms with Gasteiger partial charge in [0.2, 0.25) is 0 Å². The molecule has 0 bridgehead atoms. The first-order valence-electron chi connectivity index (χ1n) is 7.31. The van der Waals surface area contributed by atoms with Crippen molar-refractivity contribution >= 4 is 11.7 Å². The number of pyridine rings is 1. The lowest BCUT2D eigenvalue weighted by molar-refractivity contribution is -0.0148. The van der Waals surface area contributed by atoms with Crippen LogP contribution in [0.25, 0.3) is 0 Å². The molecule has 116 valence electrons. The first-order chi connectivity index (χ1) is 10.2. The fourth-order valence-corrected chi connectivity index (χ4v) is 2.27. The zero-order valence-electron chi connectivity index (χ0n) is 12.6. The van der Waals surface area contributed by atoms with Crippen LogP contribution in [0.15, 0.2) is 18.3 Å². The second-order valence-electron chi connectivity index (χ2n) is 5.20. The zero-order valence-corrected chi connectivity index (χ0v) is 12.6. The molecule has 0 spiro atoms. The molecule has 1 aliphatic rings. The van der Waals surface area contributed by atoms with Crippen LogP contribution in [0.2, 0.25) is 0 Å². The van der Waals surface area contributed by atoms with Gasteiger partial charge in [-0.1, -0.05) is 6.92 Å². The molecule has 2 N–H and O–H groups in total. The predicted octanol–water partition coefficient (Wildman–Crippen LogP) is 1.44. The fraction of sp³-hybridized carbons (Fsp3) is 0.600. The maximum Gasteiger partial charge on any atom is 0.255 e. The summed E-state index contributed by atoms with van der Waals surface area (Å²) in [5.74, 6) is 0.469. The molecule has 1 fully saturated rings. The van der Waals surface area contributed by atoms with Gasteiger partial charge in [-0.2, -0.15) is 0 Å². The van der Waals surface area contributed by atoms with Gasteiger partial charge >= 0.3 is 0 Å². The summed E-state index contributed by atoms with van der Waals surface area (Å²) in [5.41, 5.74) is 0.144. The van der Waals surface area contributed by atoms with Crippen molar-refractivity contribution in [1.29, 1.82) is 0 Å². The third-order valence-corrected chi connectivity index (χ3v) is 3.67. The van der Waals surface area contributed by atoms with Gasteiger partial charge in [-0.3, -0.25) is 4.79 Å². The van der Waals surface area contributed by atoms with Gasteiger partial charge < -0.3 is 20.1 Å². The number of hydrogen-bond acceptors (Lipinski definition) is 5. The van der Waals surface area contributed by atoms with Gasteiger partial charge in [0.25, 0.3) is 5.91 Å². The third-order valence-electron chi connectivity index (χ3n) is 3.67. The van der Waals surface area contributed by atoms with E-state index >= 15 is 0 Å². The quantitative estimate of drug-likeness (QED) is 0.796. The molecule has 1 atom stereocenters. The third kappa shape index (κ3) is 3.92. The van der Waals surface area contributed by atoms with Crippen molar-refractivity contribution < 1.29 is 14.3 Å². The van der Waals surface area contributed by atoms with Crippen molar-refractivity contribution in [2.75, 3.05) is 38.7 Å². The number of nitrogens with one attached hydrogen (secondary N) is 2. The highest BCUT2D eigenvalue weighted by Gasteiger charge is 2.35. The van der Waals surface area contributed by atoms with E-state index in [1.165, 1.54) is 0 Å².